The molecule has 1 amide bonds. The molecule has 1 aliphatic carbocycles. The molecule has 6 heteroatoms. The Balaban J connectivity index is 1.62. The van der Waals surface area contributed by atoms with Crippen LogP contribution in [0.15, 0.2) is 40.8 Å². The number of anilines is 1. The molecule has 2 bridgehead atoms. The van der Waals surface area contributed by atoms with Crippen LogP contribution in [0.3, 0.4) is 0 Å². The van der Waals surface area contributed by atoms with E-state index in [1.807, 2.05) is 24.3 Å². The van der Waals surface area contributed by atoms with Crippen molar-refractivity contribution in [3.63, 3.8) is 0 Å². The summed E-state index contributed by atoms with van der Waals surface area (Å²) < 4.78 is 5.86. The van der Waals surface area contributed by atoms with Gasteiger partial charge in [0.25, 0.3) is 0 Å². The van der Waals surface area contributed by atoms with E-state index in [9.17, 15) is 4.79 Å². The zero-order valence-corrected chi connectivity index (χ0v) is 14.7. The molecule has 2 aromatic rings. The Morgan fingerprint density at radius 2 is 2.04 bits per heavy atom. The number of para-hydroxylation sites is 1. The lowest BCUT2D eigenvalue weighted by Crippen LogP contribution is -2.13. The third-order valence-corrected chi connectivity index (χ3v) is 5.17. The van der Waals surface area contributed by atoms with Crippen LogP contribution in [0.1, 0.15) is 50.5 Å². The molecule has 1 fully saturated rings. The van der Waals surface area contributed by atoms with Gasteiger partial charge < -0.3 is 15.5 Å². The Labute approximate surface area is 152 Å². The lowest BCUT2D eigenvalue weighted by atomic mass is 10.1. The van der Waals surface area contributed by atoms with Crippen LogP contribution in [0, 0.1) is 11.8 Å². The molecule has 136 valence electrons. The number of aromatic nitrogens is 2. The number of nitrogens with one attached hydrogen (secondary N) is 1. The number of fused-ring (bicyclic) bond motifs is 5. The van der Waals surface area contributed by atoms with Crippen LogP contribution in [0.25, 0.3) is 11.5 Å². The first-order valence-corrected chi connectivity index (χ1v) is 9.37. The van der Waals surface area contributed by atoms with Gasteiger partial charge in [0.15, 0.2) is 0 Å². The van der Waals surface area contributed by atoms with Gasteiger partial charge in [0, 0.05) is 6.42 Å². The summed E-state index contributed by atoms with van der Waals surface area (Å²) in [6.45, 7) is 0. The van der Waals surface area contributed by atoms with Gasteiger partial charge in [0.2, 0.25) is 17.7 Å². The molecule has 1 saturated carbocycles. The number of hydrogen-bond donors (Lipinski definition) is 2. The fourth-order valence-electron chi connectivity index (χ4n) is 3.52. The smallest absolute Gasteiger partial charge is 0.249 e. The normalized spacial score (nSPS) is 27.6. The zero-order chi connectivity index (χ0) is 17.9. The van der Waals surface area contributed by atoms with Crippen LogP contribution in [-0.2, 0) is 4.79 Å². The largest absolute Gasteiger partial charge is 0.419 e. The molecule has 3 N–H and O–H groups in total. The zero-order valence-electron chi connectivity index (χ0n) is 14.7. The van der Waals surface area contributed by atoms with Gasteiger partial charge in [-0.15, -0.1) is 10.2 Å². The van der Waals surface area contributed by atoms with E-state index in [0.717, 1.165) is 37.7 Å². The summed E-state index contributed by atoms with van der Waals surface area (Å²) >= 11 is 0. The molecule has 0 radical (unpaired) electrons. The van der Waals surface area contributed by atoms with E-state index in [-0.39, 0.29) is 11.9 Å². The van der Waals surface area contributed by atoms with E-state index in [4.69, 9.17) is 10.2 Å². The molecule has 2 aliphatic rings. The van der Waals surface area contributed by atoms with Crippen LogP contribution in [0.4, 0.5) is 5.69 Å². The molecule has 0 spiro atoms. The molecule has 3 atom stereocenters. The van der Waals surface area contributed by atoms with Gasteiger partial charge in [0.05, 0.1) is 17.3 Å². The van der Waals surface area contributed by atoms with Crippen LogP contribution in [0.2, 0.25) is 0 Å². The van der Waals surface area contributed by atoms with E-state index in [1.54, 1.807) is 0 Å². The van der Waals surface area contributed by atoms with Gasteiger partial charge in [0.1, 0.15) is 0 Å². The maximum absolute atomic E-state index is 12.2. The number of carbonyl (C=O) groups is 1. The van der Waals surface area contributed by atoms with Crippen molar-refractivity contribution in [1.82, 2.24) is 10.2 Å². The van der Waals surface area contributed by atoms with E-state index < -0.39 is 0 Å². The summed E-state index contributed by atoms with van der Waals surface area (Å²) in [4.78, 5) is 12.2. The van der Waals surface area contributed by atoms with Crippen molar-refractivity contribution in [2.75, 3.05) is 5.32 Å². The first-order valence-electron chi connectivity index (χ1n) is 9.37. The molecular formula is C20H24N4O2. The molecule has 1 aliphatic heterocycles. The second kappa shape index (κ2) is 7.41. The van der Waals surface area contributed by atoms with Gasteiger partial charge in [-0.2, -0.15) is 0 Å². The highest BCUT2D eigenvalue weighted by atomic mass is 16.4. The third kappa shape index (κ3) is 3.70. The minimum absolute atomic E-state index is 0.00925. The summed E-state index contributed by atoms with van der Waals surface area (Å²) in [5.41, 5.74) is 7.76. The predicted molar refractivity (Wildman–Crippen MR) is 99.1 cm³/mol. The quantitative estimate of drug-likeness (QED) is 0.703. The topological polar surface area (TPSA) is 94.0 Å². The molecule has 2 heterocycles. The number of nitrogens with zero attached hydrogens (tertiary/aromatic N) is 2. The number of benzene rings is 1. The lowest BCUT2D eigenvalue weighted by Gasteiger charge is -2.09. The van der Waals surface area contributed by atoms with Crippen molar-refractivity contribution in [2.45, 2.75) is 44.6 Å². The van der Waals surface area contributed by atoms with Gasteiger partial charge in [-0.3, -0.25) is 4.79 Å². The summed E-state index contributed by atoms with van der Waals surface area (Å²) in [6, 6.07) is 7.24. The van der Waals surface area contributed by atoms with Crippen LogP contribution >= 0.6 is 0 Å². The molecule has 1 aromatic heterocycles. The molecule has 6 nitrogen and oxygen atoms in total. The van der Waals surface area contributed by atoms with Crippen molar-refractivity contribution in [2.24, 2.45) is 17.6 Å². The number of nitrogens with two attached hydrogens (primary N) is 1. The van der Waals surface area contributed by atoms with Crippen molar-refractivity contribution in [1.29, 1.82) is 0 Å². The van der Waals surface area contributed by atoms with E-state index in [1.165, 1.54) is 0 Å². The summed E-state index contributed by atoms with van der Waals surface area (Å²) in [5, 5.41) is 11.3. The van der Waals surface area contributed by atoms with Crippen molar-refractivity contribution in [3.8, 4) is 11.5 Å². The Morgan fingerprint density at radius 3 is 2.96 bits per heavy atom. The highest BCUT2D eigenvalue weighted by Gasteiger charge is 2.42. The van der Waals surface area contributed by atoms with Crippen LogP contribution < -0.4 is 11.1 Å². The van der Waals surface area contributed by atoms with Gasteiger partial charge in [-0.25, -0.2) is 0 Å². The predicted octanol–water partition coefficient (Wildman–Crippen LogP) is 3.83. The minimum Gasteiger partial charge on any atom is -0.419 e. The second-order valence-corrected chi connectivity index (χ2v) is 7.16. The maximum atomic E-state index is 12.2. The Hall–Kier alpha value is -2.47. The third-order valence-electron chi connectivity index (χ3n) is 5.17. The monoisotopic (exact) mass is 352 g/mol. The Kier molecular flexibility index (Phi) is 4.84. The van der Waals surface area contributed by atoms with Gasteiger partial charge in [-0.1, -0.05) is 30.7 Å². The van der Waals surface area contributed by atoms with E-state index >= 15 is 0 Å². The van der Waals surface area contributed by atoms with E-state index in [0.29, 0.717) is 35.7 Å². The molecular weight excluding hydrogens is 328 g/mol. The number of rotatable bonds is 0. The number of amides is 1. The van der Waals surface area contributed by atoms with Gasteiger partial charge >= 0.3 is 0 Å². The number of allylic oxidation sites excluding steroid dienone is 2. The average molecular weight is 352 g/mol. The van der Waals surface area contributed by atoms with Gasteiger partial charge in [-0.05, 0) is 49.7 Å². The number of carbonyl (C=O) groups excluding carboxylic acids is 1. The van der Waals surface area contributed by atoms with Crippen molar-refractivity contribution < 1.29 is 9.21 Å². The fraction of sp³-hybridized carbons (Fsp3) is 0.450. The number of hydrogen-bond acceptors (Lipinski definition) is 5. The summed E-state index contributed by atoms with van der Waals surface area (Å²) in [7, 11) is 0. The minimum atomic E-state index is -0.247. The maximum Gasteiger partial charge on any atom is 0.249 e. The molecule has 4 rings (SSSR count). The first kappa shape index (κ1) is 17.0. The first-order chi connectivity index (χ1) is 12.7. The highest BCUT2D eigenvalue weighted by Crippen LogP contribution is 2.47. The SMILES string of the molecule is NC1c2nnc(o2)-c2ccccc2NC(=O)CCCCC/C=C/[C@@H]2C[C@H]12. The van der Waals surface area contributed by atoms with Crippen LogP contribution in [-0.4, -0.2) is 16.1 Å². The van der Waals surface area contributed by atoms with Crippen molar-refractivity contribution >= 4 is 11.6 Å². The Morgan fingerprint density at radius 1 is 1.15 bits per heavy atom. The Bertz CT molecular complexity index is 814. The van der Waals surface area contributed by atoms with Crippen LogP contribution in [0.5, 0.6) is 0 Å². The second-order valence-electron chi connectivity index (χ2n) is 7.16. The molecule has 26 heavy (non-hydrogen) atoms. The molecule has 0 saturated heterocycles. The van der Waals surface area contributed by atoms with E-state index in [2.05, 4.69) is 27.7 Å². The molecule has 1 unspecified atom stereocenters. The lowest BCUT2D eigenvalue weighted by molar-refractivity contribution is -0.116. The summed E-state index contributed by atoms with van der Waals surface area (Å²) in [6.07, 6.45) is 10.2. The van der Waals surface area contributed by atoms with Crippen molar-refractivity contribution in [3.05, 3.63) is 42.3 Å². The fourth-order valence-corrected chi connectivity index (χ4v) is 3.52. The summed E-state index contributed by atoms with van der Waals surface area (Å²) in [5.74, 6) is 1.74. The highest BCUT2D eigenvalue weighted by molar-refractivity contribution is 5.94. The average Bonchev–Trinajstić information content (AvgIpc) is 3.24. The standard InChI is InChI=1S/C20H24N4O2/c21-18-15-12-13(15)8-4-2-1-3-5-11-17(25)22-16-10-7-6-9-14(16)19-23-24-20(18)26-19/h4,6-10,13,15,18H,1-3,5,11-12,21H2,(H,22,25)/b8-4+/t13-,15+,18?/m1/s1. The molecule has 1 aromatic carbocycles.